The Kier molecular flexibility index (Phi) is 11.8. The molecule has 0 radical (unpaired) electrons. The molecule has 1 aromatic heterocycles. The van der Waals surface area contributed by atoms with Crippen LogP contribution in [-0.4, -0.2) is 16.6 Å². The lowest BCUT2D eigenvalue weighted by Crippen LogP contribution is -2.20. The number of nitrogens with zero attached hydrogens (tertiary/aromatic N) is 2. The summed E-state index contributed by atoms with van der Waals surface area (Å²) in [6.45, 7) is 5.39. The average Bonchev–Trinajstić information content (AvgIpc) is 2.87. The molecule has 2 aromatic rings. The minimum atomic E-state index is 0.717. The number of benzene rings is 1. The molecule has 0 spiro atoms. The highest BCUT2D eigenvalue weighted by molar-refractivity contribution is 5.55. The molecule has 1 aliphatic rings. The van der Waals surface area contributed by atoms with Crippen molar-refractivity contribution in [2.45, 2.75) is 110 Å². The molecule has 1 heterocycles. The number of ether oxygens (including phenoxy) is 1. The highest BCUT2D eigenvalue weighted by Crippen LogP contribution is 2.32. The molecule has 0 N–H and O–H groups in total. The quantitative estimate of drug-likeness (QED) is 0.254. The van der Waals surface area contributed by atoms with Gasteiger partial charge >= 0.3 is 0 Å². The molecule has 0 atom stereocenters. The van der Waals surface area contributed by atoms with Gasteiger partial charge in [0.1, 0.15) is 5.75 Å². The lowest BCUT2D eigenvalue weighted by atomic mass is 9.80. The summed E-state index contributed by atoms with van der Waals surface area (Å²) in [5.74, 6) is 3.44. The van der Waals surface area contributed by atoms with Gasteiger partial charge in [-0.2, -0.15) is 0 Å². The molecular weight excluding hydrogens is 404 g/mol. The molecule has 3 rings (SSSR count). The second kappa shape index (κ2) is 15.1. The van der Waals surface area contributed by atoms with Gasteiger partial charge in [0.25, 0.3) is 0 Å². The van der Waals surface area contributed by atoms with Gasteiger partial charge in [-0.05, 0) is 67.3 Å². The first-order valence-electron chi connectivity index (χ1n) is 13.8. The molecule has 1 saturated carbocycles. The minimum Gasteiger partial charge on any atom is -0.493 e. The number of hydrogen-bond acceptors (Lipinski definition) is 3. The normalized spacial score (nSPS) is 18.4. The van der Waals surface area contributed by atoms with Crippen LogP contribution in [0.15, 0.2) is 36.7 Å². The zero-order valence-electron chi connectivity index (χ0n) is 21.2. The van der Waals surface area contributed by atoms with E-state index in [0.717, 1.165) is 36.1 Å². The Labute approximate surface area is 202 Å². The Morgan fingerprint density at radius 3 is 2.00 bits per heavy atom. The van der Waals surface area contributed by atoms with E-state index in [1.165, 1.54) is 95.5 Å². The van der Waals surface area contributed by atoms with Crippen LogP contribution in [0.3, 0.4) is 0 Å². The van der Waals surface area contributed by atoms with Crippen LogP contribution < -0.4 is 4.74 Å². The first-order chi connectivity index (χ1) is 16.3. The largest absolute Gasteiger partial charge is 0.493 e. The fraction of sp³-hybridized carbons (Fsp3) is 0.667. The van der Waals surface area contributed by atoms with Crippen molar-refractivity contribution in [3.63, 3.8) is 0 Å². The maximum absolute atomic E-state index is 6.14. The van der Waals surface area contributed by atoms with E-state index < -0.39 is 0 Å². The number of unbranched alkanes of at least 4 members (excludes halogenated alkanes) is 7. The molecule has 0 amide bonds. The van der Waals surface area contributed by atoms with Crippen molar-refractivity contribution >= 4 is 0 Å². The molecule has 3 nitrogen and oxygen atoms in total. The Morgan fingerprint density at radius 2 is 1.33 bits per heavy atom. The molecule has 0 aliphatic heterocycles. The summed E-state index contributed by atoms with van der Waals surface area (Å²) in [5, 5.41) is 0. The predicted molar refractivity (Wildman–Crippen MR) is 140 cm³/mol. The second-order valence-electron chi connectivity index (χ2n) is 10.2. The van der Waals surface area contributed by atoms with E-state index in [4.69, 9.17) is 4.74 Å². The highest BCUT2D eigenvalue weighted by Gasteiger charge is 2.21. The van der Waals surface area contributed by atoms with Gasteiger partial charge in [-0.25, -0.2) is 9.97 Å². The fourth-order valence-electron chi connectivity index (χ4n) is 5.03. The van der Waals surface area contributed by atoms with Gasteiger partial charge in [-0.1, -0.05) is 84.5 Å². The Bertz CT molecular complexity index is 748. The molecule has 0 saturated heterocycles. The van der Waals surface area contributed by atoms with Crippen molar-refractivity contribution in [2.24, 2.45) is 11.8 Å². The van der Waals surface area contributed by atoms with Gasteiger partial charge in [0.2, 0.25) is 0 Å². The van der Waals surface area contributed by atoms with Crippen LogP contribution in [0.25, 0.3) is 11.4 Å². The Hall–Kier alpha value is -1.90. The first-order valence-corrected chi connectivity index (χ1v) is 13.8. The lowest BCUT2D eigenvalue weighted by Gasteiger charge is -2.28. The van der Waals surface area contributed by atoms with Gasteiger partial charge in [0.15, 0.2) is 5.82 Å². The van der Waals surface area contributed by atoms with E-state index in [9.17, 15) is 0 Å². The van der Waals surface area contributed by atoms with Crippen LogP contribution in [0.5, 0.6) is 5.75 Å². The predicted octanol–water partition coefficient (Wildman–Crippen LogP) is 8.81. The zero-order chi connectivity index (χ0) is 23.1. The minimum absolute atomic E-state index is 0.717. The molecule has 0 unspecified atom stereocenters. The van der Waals surface area contributed by atoms with Crippen LogP contribution in [0.1, 0.15) is 109 Å². The van der Waals surface area contributed by atoms with Crippen molar-refractivity contribution in [1.29, 1.82) is 0 Å². The van der Waals surface area contributed by atoms with Gasteiger partial charge in [0, 0.05) is 18.0 Å². The number of hydrogen-bond donors (Lipinski definition) is 0. The third-order valence-corrected chi connectivity index (χ3v) is 7.30. The van der Waals surface area contributed by atoms with Crippen LogP contribution in [-0.2, 0) is 6.42 Å². The smallest absolute Gasteiger partial charge is 0.159 e. The van der Waals surface area contributed by atoms with Gasteiger partial charge in [-0.15, -0.1) is 0 Å². The maximum Gasteiger partial charge on any atom is 0.159 e. The average molecular weight is 451 g/mol. The standard InChI is InChI=1S/C30H46N2O/c1-3-5-7-9-11-12-25-14-16-26(17-15-25)24-33-29-20-18-28(19-21-29)30-31-22-27(23-32-30)13-10-8-6-4-2/h18-23,25-26H,3-17,24H2,1-2H3. The fourth-order valence-corrected chi connectivity index (χ4v) is 5.03. The molecule has 33 heavy (non-hydrogen) atoms. The SMILES string of the molecule is CCCCCCCC1CCC(COc2ccc(-c3ncc(CCCCCC)cn3)cc2)CC1. The summed E-state index contributed by atoms with van der Waals surface area (Å²) in [6, 6.07) is 8.31. The molecular formula is C30H46N2O. The van der Waals surface area contributed by atoms with Crippen LogP contribution in [0.4, 0.5) is 0 Å². The van der Waals surface area contributed by atoms with E-state index >= 15 is 0 Å². The second-order valence-corrected chi connectivity index (χ2v) is 10.2. The van der Waals surface area contributed by atoms with E-state index in [2.05, 4.69) is 48.1 Å². The summed E-state index contributed by atoms with van der Waals surface area (Å²) < 4.78 is 6.14. The molecule has 1 aliphatic carbocycles. The number of aromatic nitrogens is 2. The molecule has 0 bridgehead atoms. The maximum atomic E-state index is 6.14. The van der Waals surface area contributed by atoms with E-state index in [1.807, 2.05) is 12.4 Å². The topological polar surface area (TPSA) is 35.0 Å². The van der Waals surface area contributed by atoms with Crippen molar-refractivity contribution in [2.75, 3.05) is 6.61 Å². The zero-order valence-corrected chi connectivity index (χ0v) is 21.2. The van der Waals surface area contributed by atoms with Crippen molar-refractivity contribution in [1.82, 2.24) is 9.97 Å². The number of rotatable bonds is 15. The van der Waals surface area contributed by atoms with Gasteiger partial charge < -0.3 is 4.74 Å². The Morgan fingerprint density at radius 1 is 0.727 bits per heavy atom. The van der Waals surface area contributed by atoms with Crippen molar-refractivity contribution in [3.05, 3.63) is 42.2 Å². The van der Waals surface area contributed by atoms with Crippen LogP contribution in [0.2, 0.25) is 0 Å². The van der Waals surface area contributed by atoms with E-state index in [-0.39, 0.29) is 0 Å². The summed E-state index contributed by atoms with van der Waals surface area (Å²) in [7, 11) is 0. The number of aryl methyl sites for hydroxylation is 1. The third-order valence-electron chi connectivity index (χ3n) is 7.30. The van der Waals surface area contributed by atoms with Crippen LogP contribution >= 0.6 is 0 Å². The van der Waals surface area contributed by atoms with Crippen molar-refractivity contribution < 1.29 is 4.74 Å². The molecule has 182 valence electrons. The lowest BCUT2D eigenvalue weighted by molar-refractivity contribution is 0.177. The molecule has 3 heteroatoms. The van der Waals surface area contributed by atoms with Crippen molar-refractivity contribution in [3.8, 4) is 17.1 Å². The van der Waals surface area contributed by atoms with E-state index in [1.54, 1.807) is 0 Å². The third kappa shape index (κ3) is 9.47. The monoisotopic (exact) mass is 450 g/mol. The van der Waals surface area contributed by atoms with Gasteiger partial charge in [0.05, 0.1) is 6.61 Å². The molecule has 1 aromatic carbocycles. The van der Waals surface area contributed by atoms with E-state index in [0.29, 0.717) is 5.92 Å². The summed E-state index contributed by atoms with van der Waals surface area (Å²) >= 11 is 0. The van der Waals surface area contributed by atoms with Gasteiger partial charge in [-0.3, -0.25) is 0 Å². The Balaban J connectivity index is 1.35. The summed E-state index contributed by atoms with van der Waals surface area (Å²) in [4.78, 5) is 9.18. The highest BCUT2D eigenvalue weighted by atomic mass is 16.5. The summed E-state index contributed by atoms with van der Waals surface area (Å²) in [5.41, 5.74) is 2.29. The summed E-state index contributed by atoms with van der Waals surface area (Å²) in [6.07, 6.45) is 24.1. The van der Waals surface area contributed by atoms with Crippen LogP contribution in [0, 0.1) is 11.8 Å². The molecule has 1 fully saturated rings. The first kappa shape index (κ1) is 25.7.